The Kier molecular flexibility index (Phi) is 8.02. The Morgan fingerprint density at radius 1 is 1.07 bits per heavy atom. The van der Waals surface area contributed by atoms with E-state index in [0.717, 1.165) is 43.7 Å². The number of hydrogen-bond donors (Lipinski definition) is 3. The molecular weight excluding hydrogens is 417 g/mol. The number of halogens is 3. The Morgan fingerprint density at radius 2 is 1.79 bits per heavy atom. The van der Waals surface area contributed by atoms with E-state index in [9.17, 15) is 4.79 Å². The molecule has 1 atom stereocenters. The number of piperidine rings is 1. The van der Waals surface area contributed by atoms with Crippen molar-refractivity contribution in [3.8, 4) is 0 Å². The molecule has 0 aromatic heterocycles. The predicted molar refractivity (Wildman–Crippen MR) is 121 cm³/mol. The van der Waals surface area contributed by atoms with Crippen LogP contribution in [-0.2, 0) is 11.3 Å². The van der Waals surface area contributed by atoms with Gasteiger partial charge in [-0.2, -0.15) is 0 Å². The summed E-state index contributed by atoms with van der Waals surface area (Å²) < 4.78 is 0. The van der Waals surface area contributed by atoms with Crippen molar-refractivity contribution < 1.29 is 4.79 Å². The molecule has 1 amide bonds. The molecule has 152 valence electrons. The Bertz CT molecular complexity index is 795. The van der Waals surface area contributed by atoms with Gasteiger partial charge < -0.3 is 16.0 Å². The highest BCUT2D eigenvalue weighted by Gasteiger charge is 2.57. The van der Waals surface area contributed by atoms with E-state index in [1.54, 1.807) is 0 Å². The summed E-state index contributed by atoms with van der Waals surface area (Å²) in [4.78, 5) is 12.8. The first kappa shape index (κ1) is 22.8. The number of amides is 1. The van der Waals surface area contributed by atoms with Gasteiger partial charge in [0.25, 0.3) is 0 Å². The minimum atomic E-state index is 0. The summed E-state index contributed by atoms with van der Waals surface area (Å²) in [6.07, 6.45) is 3.20. The van der Waals surface area contributed by atoms with Crippen LogP contribution in [0.3, 0.4) is 0 Å². The van der Waals surface area contributed by atoms with Crippen molar-refractivity contribution in [1.82, 2.24) is 5.32 Å². The molecule has 2 aromatic carbocycles. The molecule has 1 saturated carbocycles. The molecule has 4 rings (SSSR count). The lowest BCUT2D eigenvalue weighted by Crippen LogP contribution is -2.31. The average molecular weight is 443 g/mol. The SMILES string of the molecule is Cl.Cl.O=C(Nc1cc(Cl)ccc1NCc1ccccc1)C1CC12CCNCC2. The van der Waals surface area contributed by atoms with E-state index < -0.39 is 0 Å². The first-order valence-corrected chi connectivity index (χ1v) is 9.63. The molecule has 1 aliphatic carbocycles. The van der Waals surface area contributed by atoms with Crippen molar-refractivity contribution in [2.24, 2.45) is 11.3 Å². The van der Waals surface area contributed by atoms with E-state index in [1.165, 1.54) is 5.56 Å². The molecule has 1 saturated heterocycles. The van der Waals surface area contributed by atoms with Crippen molar-refractivity contribution in [3.05, 3.63) is 59.1 Å². The number of nitrogens with one attached hydrogen (secondary N) is 3. The van der Waals surface area contributed by atoms with Crippen LogP contribution in [-0.4, -0.2) is 19.0 Å². The number of carbonyl (C=O) groups is 1. The zero-order chi connectivity index (χ0) is 18.0. The summed E-state index contributed by atoms with van der Waals surface area (Å²) >= 11 is 6.17. The van der Waals surface area contributed by atoms with Gasteiger partial charge in [-0.25, -0.2) is 0 Å². The molecular formula is C21H26Cl3N3O. The maximum atomic E-state index is 12.8. The standard InChI is InChI=1S/C21H24ClN3O.2ClH/c22-16-6-7-18(24-14-15-4-2-1-3-5-15)19(12-16)25-20(26)17-13-21(17)8-10-23-11-9-21;;/h1-7,12,17,23-24H,8-11,13-14H2,(H,25,26);2*1H. The maximum Gasteiger partial charge on any atom is 0.228 e. The third-order valence-corrected chi connectivity index (χ3v) is 5.91. The lowest BCUT2D eigenvalue weighted by molar-refractivity contribution is -0.118. The van der Waals surface area contributed by atoms with Crippen LogP contribution >= 0.6 is 36.4 Å². The quantitative estimate of drug-likeness (QED) is 0.602. The molecule has 1 spiro atoms. The molecule has 0 bridgehead atoms. The first-order chi connectivity index (χ1) is 12.7. The van der Waals surface area contributed by atoms with Gasteiger partial charge in [0.1, 0.15) is 0 Å². The molecule has 2 aromatic rings. The van der Waals surface area contributed by atoms with Gasteiger partial charge in [0.2, 0.25) is 5.91 Å². The van der Waals surface area contributed by atoms with Crippen LogP contribution in [0.1, 0.15) is 24.8 Å². The highest BCUT2D eigenvalue weighted by Crippen LogP contribution is 2.58. The summed E-state index contributed by atoms with van der Waals surface area (Å²) in [6.45, 7) is 2.74. The maximum absolute atomic E-state index is 12.8. The summed E-state index contributed by atoms with van der Waals surface area (Å²) in [7, 11) is 0. The normalized spacial score (nSPS) is 19.1. The van der Waals surface area contributed by atoms with Gasteiger partial charge in [-0.1, -0.05) is 41.9 Å². The van der Waals surface area contributed by atoms with Crippen LogP contribution in [0.5, 0.6) is 0 Å². The number of benzene rings is 2. The Balaban J connectivity index is 0.00000140. The molecule has 2 aliphatic rings. The molecule has 3 N–H and O–H groups in total. The number of hydrogen-bond acceptors (Lipinski definition) is 3. The van der Waals surface area contributed by atoms with Crippen molar-refractivity contribution in [3.63, 3.8) is 0 Å². The molecule has 7 heteroatoms. The van der Waals surface area contributed by atoms with Gasteiger partial charge in [0.15, 0.2) is 0 Å². The predicted octanol–water partition coefficient (Wildman–Crippen LogP) is 5.12. The fourth-order valence-corrected chi connectivity index (χ4v) is 4.15. The Labute approximate surface area is 183 Å². The van der Waals surface area contributed by atoms with Crippen LogP contribution in [0.2, 0.25) is 5.02 Å². The topological polar surface area (TPSA) is 53.2 Å². The van der Waals surface area contributed by atoms with E-state index in [4.69, 9.17) is 11.6 Å². The van der Waals surface area contributed by atoms with E-state index in [-0.39, 0.29) is 42.1 Å². The zero-order valence-electron chi connectivity index (χ0n) is 15.5. The van der Waals surface area contributed by atoms with Crippen LogP contribution in [0, 0.1) is 11.3 Å². The van der Waals surface area contributed by atoms with Gasteiger partial charge in [-0.05, 0) is 61.5 Å². The third-order valence-electron chi connectivity index (χ3n) is 5.67. The Hall–Kier alpha value is -1.46. The summed E-state index contributed by atoms with van der Waals surface area (Å²) in [6, 6.07) is 15.8. The zero-order valence-corrected chi connectivity index (χ0v) is 17.9. The smallest absolute Gasteiger partial charge is 0.228 e. The fourth-order valence-electron chi connectivity index (χ4n) is 3.98. The number of rotatable bonds is 5. The Morgan fingerprint density at radius 3 is 2.50 bits per heavy atom. The monoisotopic (exact) mass is 441 g/mol. The van der Waals surface area contributed by atoms with Crippen molar-refractivity contribution in [2.45, 2.75) is 25.8 Å². The highest BCUT2D eigenvalue weighted by atomic mass is 35.5. The second-order valence-electron chi connectivity index (χ2n) is 7.39. The van der Waals surface area contributed by atoms with Crippen LogP contribution in [0.15, 0.2) is 48.5 Å². The number of carbonyl (C=O) groups excluding carboxylic acids is 1. The number of anilines is 2. The first-order valence-electron chi connectivity index (χ1n) is 9.25. The largest absolute Gasteiger partial charge is 0.379 e. The lowest BCUT2D eigenvalue weighted by atomic mass is 9.92. The molecule has 28 heavy (non-hydrogen) atoms. The van der Waals surface area contributed by atoms with Crippen LogP contribution in [0.4, 0.5) is 11.4 Å². The van der Waals surface area contributed by atoms with E-state index >= 15 is 0 Å². The van der Waals surface area contributed by atoms with Gasteiger partial charge in [-0.15, -0.1) is 24.8 Å². The van der Waals surface area contributed by atoms with Crippen molar-refractivity contribution in [2.75, 3.05) is 23.7 Å². The molecule has 2 fully saturated rings. The van der Waals surface area contributed by atoms with Gasteiger partial charge >= 0.3 is 0 Å². The second kappa shape index (κ2) is 9.84. The van der Waals surface area contributed by atoms with E-state index in [1.807, 2.05) is 36.4 Å². The van der Waals surface area contributed by atoms with E-state index in [0.29, 0.717) is 11.6 Å². The van der Waals surface area contributed by atoms with Crippen molar-refractivity contribution in [1.29, 1.82) is 0 Å². The summed E-state index contributed by atoms with van der Waals surface area (Å²) in [5.74, 6) is 0.252. The summed E-state index contributed by atoms with van der Waals surface area (Å²) in [5.41, 5.74) is 3.07. The molecule has 1 heterocycles. The lowest BCUT2D eigenvalue weighted by Gasteiger charge is -2.23. The third kappa shape index (κ3) is 5.12. The van der Waals surface area contributed by atoms with Gasteiger partial charge in [0.05, 0.1) is 11.4 Å². The van der Waals surface area contributed by atoms with E-state index in [2.05, 4.69) is 28.1 Å². The van der Waals surface area contributed by atoms with Gasteiger partial charge in [0, 0.05) is 17.5 Å². The molecule has 4 nitrogen and oxygen atoms in total. The molecule has 1 aliphatic heterocycles. The molecule has 0 radical (unpaired) electrons. The molecule has 1 unspecified atom stereocenters. The second-order valence-corrected chi connectivity index (χ2v) is 7.82. The minimum absolute atomic E-state index is 0. The van der Waals surface area contributed by atoms with Crippen LogP contribution in [0.25, 0.3) is 0 Å². The minimum Gasteiger partial charge on any atom is -0.379 e. The average Bonchev–Trinajstić information content (AvgIpc) is 3.35. The highest BCUT2D eigenvalue weighted by molar-refractivity contribution is 6.31. The van der Waals surface area contributed by atoms with Crippen LogP contribution < -0.4 is 16.0 Å². The fraction of sp³-hybridized carbons (Fsp3) is 0.381. The van der Waals surface area contributed by atoms with Crippen molar-refractivity contribution >= 4 is 53.7 Å². The van der Waals surface area contributed by atoms with Gasteiger partial charge in [-0.3, -0.25) is 4.79 Å². The summed E-state index contributed by atoms with van der Waals surface area (Å²) in [5, 5.41) is 10.5.